The molecular formula is C11H14N6O. The van der Waals surface area contributed by atoms with E-state index in [2.05, 4.69) is 25.9 Å². The molecule has 0 aliphatic carbocycles. The molecule has 0 fully saturated rings. The van der Waals surface area contributed by atoms with Crippen LogP contribution in [0.3, 0.4) is 0 Å². The molecule has 1 aromatic heterocycles. The largest absolute Gasteiger partial charge is 0.399 e. The van der Waals surface area contributed by atoms with E-state index in [1.54, 1.807) is 25.1 Å². The van der Waals surface area contributed by atoms with E-state index in [4.69, 9.17) is 5.73 Å². The SMILES string of the molecule is Cc1cc(N)cc(C(=O)NC(C)c2nn[nH]n2)c1. The van der Waals surface area contributed by atoms with Crippen LogP contribution in [-0.4, -0.2) is 26.5 Å². The number of aromatic amines is 1. The zero-order valence-corrected chi connectivity index (χ0v) is 10.1. The van der Waals surface area contributed by atoms with Crippen LogP contribution in [0.25, 0.3) is 0 Å². The van der Waals surface area contributed by atoms with Gasteiger partial charge in [0, 0.05) is 11.3 Å². The van der Waals surface area contributed by atoms with Crippen LogP contribution in [0, 0.1) is 6.92 Å². The maximum absolute atomic E-state index is 12.0. The number of rotatable bonds is 3. The van der Waals surface area contributed by atoms with Crippen molar-refractivity contribution in [1.29, 1.82) is 0 Å². The highest BCUT2D eigenvalue weighted by molar-refractivity contribution is 5.95. The lowest BCUT2D eigenvalue weighted by atomic mass is 10.1. The van der Waals surface area contributed by atoms with Gasteiger partial charge in [-0.2, -0.15) is 5.21 Å². The second-order valence-electron chi connectivity index (χ2n) is 4.10. The Hall–Kier alpha value is -2.44. The second-order valence-corrected chi connectivity index (χ2v) is 4.10. The number of nitrogen functional groups attached to an aromatic ring is 1. The minimum atomic E-state index is -0.321. The number of aromatic nitrogens is 4. The summed E-state index contributed by atoms with van der Waals surface area (Å²) in [6.45, 7) is 3.66. The number of benzene rings is 1. The minimum Gasteiger partial charge on any atom is -0.399 e. The molecule has 1 atom stereocenters. The fraction of sp³-hybridized carbons (Fsp3) is 0.273. The van der Waals surface area contributed by atoms with Crippen molar-refractivity contribution >= 4 is 11.6 Å². The molecule has 0 saturated heterocycles. The van der Waals surface area contributed by atoms with Crippen molar-refractivity contribution in [2.24, 2.45) is 0 Å². The number of tetrazole rings is 1. The van der Waals surface area contributed by atoms with E-state index < -0.39 is 0 Å². The fourth-order valence-corrected chi connectivity index (χ4v) is 1.64. The Bertz CT molecular complexity index is 530. The quantitative estimate of drug-likeness (QED) is 0.686. The Labute approximate surface area is 104 Å². The normalized spacial score (nSPS) is 12.1. The molecule has 18 heavy (non-hydrogen) atoms. The van der Waals surface area contributed by atoms with Gasteiger partial charge < -0.3 is 11.1 Å². The van der Waals surface area contributed by atoms with E-state index >= 15 is 0 Å². The van der Waals surface area contributed by atoms with Gasteiger partial charge in [0.15, 0.2) is 5.82 Å². The molecule has 0 spiro atoms. The highest BCUT2D eigenvalue weighted by Crippen LogP contribution is 2.12. The Morgan fingerprint density at radius 1 is 1.44 bits per heavy atom. The number of hydrogen-bond acceptors (Lipinski definition) is 5. The number of carbonyl (C=O) groups excluding carboxylic acids is 1. The minimum absolute atomic E-state index is 0.220. The number of amides is 1. The maximum Gasteiger partial charge on any atom is 0.251 e. The van der Waals surface area contributed by atoms with Gasteiger partial charge in [0.25, 0.3) is 5.91 Å². The van der Waals surface area contributed by atoms with Gasteiger partial charge in [0.05, 0.1) is 6.04 Å². The molecule has 0 radical (unpaired) electrons. The Morgan fingerprint density at radius 2 is 2.22 bits per heavy atom. The summed E-state index contributed by atoms with van der Waals surface area (Å²) in [7, 11) is 0. The monoisotopic (exact) mass is 246 g/mol. The number of nitrogens with one attached hydrogen (secondary N) is 2. The summed E-state index contributed by atoms with van der Waals surface area (Å²) in [5.41, 5.74) is 7.72. The van der Waals surface area contributed by atoms with Crippen LogP contribution < -0.4 is 11.1 Å². The van der Waals surface area contributed by atoms with Gasteiger partial charge in [-0.3, -0.25) is 4.79 Å². The lowest BCUT2D eigenvalue weighted by molar-refractivity contribution is 0.0938. The lowest BCUT2D eigenvalue weighted by Crippen LogP contribution is -2.27. The van der Waals surface area contributed by atoms with Gasteiger partial charge >= 0.3 is 0 Å². The zero-order valence-electron chi connectivity index (χ0n) is 10.1. The predicted molar refractivity (Wildman–Crippen MR) is 65.7 cm³/mol. The van der Waals surface area contributed by atoms with E-state index in [-0.39, 0.29) is 11.9 Å². The molecule has 94 valence electrons. The predicted octanol–water partition coefficient (Wildman–Crippen LogP) is 0.581. The van der Waals surface area contributed by atoms with Gasteiger partial charge in [0.2, 0.25) is 0 Å². The Balaban J connectivity index is 2.12. The van der Waals surface area contributed by atoms with Crippen LogP contribution >= 0.6 is 0 Å². The van der Waals surface area contributed by atoms with Crippen molar-refractivity contribution in [3.63, 3.8) is 0 Å². The second kappa shape index (κ2) is 4.82. The summed E-state index contributed by atoms with van der Waals surface area (Å²) >= 11 is 0. The third-order valence-electron chi connectivity index (χ3n) is 2.46. The van der Waals surface area contributed by atoms with Crippen molar-refractivity contribution in [1.82, 2.24) is 25.9 Å². The van der Waals surface area contributed by atoms with Crippen LogP contribution in [0.1, 0.15) is 34.7 Å². The van der Waals surface area contributed by atoms with E-state index in [1.165, 1.54) is 0 Å². The van der Waals surface area contributed by atoms with Crippen molar-refractivity contribution in [3.8, 4) is 0 Å². The first-order chi connectivity index (χ1) is 8.56. The summed E-state index contributed by atoms with van der Waals surface area (Å²) < 4.78 is 0. The number of H-pyrrole nitrogens is 1. The summed E-state index contributed by atoms with van der Waals surface area (Å²) in [5, 5.41) is 16.2. The van der Waals surface area contributed by atoms with Gasteiger partial charge in [-0.1, -0.05) is 5.21 Å². The standard InChI is InChI=1S/C11H14N6O/c1-6-3-8(5-9(12)4-6)11(18)13-7(2)10-14-16-17-15-10/h3-5,7H,12H2,1-2H3,(H,13,18)(H,14,15,16,17). The number of hydrogen-bond donors (Lipinski definition) is 3. The molecule has 0 bridgehead atoms. The Kier molecular flexibility index (Phi) is 3.22. The van der Waals surface area contributed by atoms with Crippen molar-refractivity contribution in [2.45, 2.75) is 19.9 Å². The van der Waals surface area contributed by atoms with Crippen LogP contribution in [0.5, 0.6) is 0 Å². The van der Waals surface area contributed by atoms with Crippen LogP contribution in [0.15, 0.2) is 18.2 Å². The molecule has 1 heterocycles. The van der Waals surface area contributed by atoms with E-state index in [1.807, 2.05) is 6.92 Å². The topological polar surface area (TPSA) is 110 Å². The van der Waals surface area contributed by atoms with Gasteiger partial charge in [-0.25, -0.2) is 0 Å². The number of aryl methyl sites for hydroxylation is 1. The summed E-state index contributed by atoms with van der Waals surface area (Å²) in [4.78, 5) is 12.0. The number of anilines is 1. The molecule has 2 aromatic rings. The molecule has 7 heteroatoms. The first-order valence-corrected chi connectivity index (χ1v) is 5.47. The average Bonchev–Trinajstić information content (AvgIpc) is 2.80. The third-order valence-corrected chi connectivity index (χ3v) is 2.46. The molecule has 0 aliphatic rings. The van der Waals surface area contributed by atoms with Crippen LogP contribution in [0.2, 0.25) is 0 Å². The molecule has 1 aromatic carbocycles. The molecule has 0 aliphatic heterocycles. The van der Waals surface area contributed by atoms with Gasteiger partial charge in [-0.05, 0) is 37.6 Å². The van der Waals surface area contributed by atoms with Crippen molar-refractivity contribution in [2.75, 3.05) is 5.73 Å². The molecule has 2 rings (SSSR count). The maximum atomic E-state index is 12.0. The van der Waals surface area contributed by atoms with Crippen LogP contribution in [0.4, 0.5) is 5.69 Å². The fourth-order valence-electron chi connectivity index (χ4n) is 1.64. The smallest absolute Gasteiger partial charge is 0.251 e. The number of nitrogens with zero attached hydrogens (tertiary/aromatic N) is 3. The highest BCUT2D eigenvalue weighted by Gasteiger charge is 2.15. The van der Waals surface area contributed by atoms with E-state index in [9.17, 15) is 4.79 Å². The molecular weight excluding hydrogens is 232 g/mol. The molecule has 4 N–H and O–H groups in total. The van der Waals surface area contributed by atoms with E-state index in [0.29, 0.717) is 17.1 Å². The van der Waals surface area contributed by atoms with Crippen molar-refractivity contribution in [3.05, 3.63) is 35.2 Å². The summed E-state index contributed by atoms with van der Waals surface area (Å²) in [5.74, 6) is 0.215. The third kappa shape index (κ3) is 2.62. The first kappa shape index (κ1) is 12.0. The van der Waals surface area contributed by atoms with E-state index in [0.717, 1.165) is 5.56 Å². The van der Waals surface area contributed by atoms with Gasteiger partial charge in [-0.15, -0.1) is 10.2 Å². The highest BCUT2D eigenvalue weighted by atomic mass is 16.1. The van der Waals surface area contributed by atoms with Gasteiger partial charge in [0.1, 0.15) is 0 Å². The molecule has 7 nitrogen and oxygen atoms in total. The lowest BCUT2D eigenvalue weighted by Gasteiger charge is -2.10. The molecule has 1 amide bonds. The van der Waals surface area contributed by atoms with Crippen molar-refractivity contribution < 1.29 is 4.79 Å². The van der Waals surface area contributed by atoms with Crippen LogP contribution in [-0.2, 0) is 0 Å². The average molecular weight is 246 g/mol. The first-order valence-electron chi connectivity index (χ1n) is 5.47. The summed E-state index contributed by atoms with van der Waals surface area (Å²) in [6, 6.07) is 4.89. The molecule has 1 unspecified atom stereocenters. The number of nitrogens with two attached hydrogens (primary N) is 1. The Morgan fingerprint density at radius 3 is 2.83 bits per heavy atom. The number of carbonyl (C=O) groups is 1. The molecule has 0 saturated carbocycles. The zero-order chi connectivity index (χ0) is 13.1. The summed E-state index contributed by atoms with van der Waals surface area (Å²) in [6.07, 6.45) is 0.